The molecule has 0 aromatic heterocycles. The fourth-order valence-electron chi connectivity index (χ4n) is 3.51. The summed E-state index contributed by atoms with van der Waals surface area (Å²) in [6.45, 7) is 4.90. The van der Waals surface area contributed by atoms with Crippen LogP contribution in [0.15, 0.2) is 17.1 Å². The third kappa shape index (κ3) is 11.5. The van der Waals surface area contributed by atoms with Crippen LogP contribution in [-0.4, -0.2) is 35.2 Å². The lowest BCUT2D eigenvalue weighted by Crippen LogP contribution is -2.37. The van der Waals surface area contributed by atoms with Gasteiger partial charge in [0.25, 0.3) is 0 Å². The first-order valence-electron chi connectivity index (χ1n) is 10.9. The van der Waals surface area contributed by atoms with Crippen molar-refractivity contribution in [3.63, 3.8) is 0 Å². The molecular weight excluding hydrogens is 308 g/mol. The van der Waals surface area contributed by atoms with Crippen molar-refractivity contribution >= 4 is 6.21 Å². The Morgan fingerprint density at radius 2 is 1.52 bits per heavy atom. The van der Waals surface area contributed by atoms with Crippen molar-refractivity contribution in [1.82, 2.24) is 4.90 Å². The zero-order chi connectivity index (χ0) is 18.2. The van der Waals surface area contributed by atoms with Gasteiger partial charge in [-0.3, -0.25) is 9.89 Å². The molecule has 3 nitrogen and oxygen atoms in total. The molecule has 1 heterocycles. The van der Waals surface area contributed by atoms with Crippen molar-refractivity contribution in [2.45, 2.75) is 116 Å². The molecule has 0 aliphatic carbocycles. The fourth-order valence-corrected chi connectivity index (χ4v) is 3.51. The average Bonchev–Trinajstić information content (AvgIpc) is 3.07. The van der Waals surface area contributed by atoms with Crippen molar-refractivity contribution in [2.24, 2.45) is 4.99 Å². The fraction of sp³-hybridized carbons (Fsp3) is 0.864. The summed E-state index contributed by atoms with van der Waals surface area (Å²) in [4.78, 5) is 6.52. The summed E-state index contributed by atoms with van der Waals surface area (Å²) in [6, 6.07) is 0. The van der Waals surface area contributed by atoms with Crippen LogP contribution >= 0.6 is 0 Å². The largest absolute Gasteiger partial charge is 0.379 e. The molecule has 0 saturated heterocycles. The highest BCUT2D eigenvalue weighted by Gasteiger charge is 2.23. The second-order valence-corrected chi connectivity index (χ2v) is 7.51. The maximum Gasteiger partial charge on any atom is 0.106 e. The van der Waals surface area contributed by atoms with Gasteiger partial charge in [0.05, 0.1) is 0 Å². The standard InChI is InChI=1S/C22H42N2O/c1-3-4-5-6-7-8-9-10-11-12-13-14-15-16-17-18-22-23-19-20-24(22)21(2)25/h13-14,19,21-22,25H,3-12,15-18,20H2,1-2H3/b14-13+. The van der Waals surface area contributed by atoms with Gasteiger partial charge in [0.15, 0.2) is 0 Å². The number of allylic oxidation sites excluding steroid dienone is 2. The summed E-state index contributed by atoms with van der Waals surface area (Å²) in [7, 11) is 0. The first kappa shape index (κ1) is 22.4. The van der Waals surface area contributed by atoms with E-state index in [1.807, 2.05) is 13.1 Å². The zero-order valence-electron chi connectivity index (χ0n) is 16.8. The second-order valence-electron chi connectivity index (χ2n) is 7.51. The number of nitrogens with zero attached hydrogens (tertiary/aromatic N) is 2. The molecule has 25 heavy (non-hydrogen) atoms. The van der Waals surface area contributed by atoms with Crippen LogP contribution in [-0.2, 0) is 0 Å². The lowest BCUT2D eigenvalue weighted by molar-refractivity contribution is 0.00715. The number of unbranched alkanes of at least 4 members (excludes halogenated alkanes) is 11. The smallest absolute Gasteiger partial charge is 0.106 e. The van der Waals surface area contributed by atoms with Gasteiger partial charge in [-0.15, -0.1) is 0 Å². The van der Waals surface area contributed by atoms with Gasteiger partial charge in [-0.2, -0.15) is 0 Å². The molecule has 0 fully saturated rings. The van der Waals surface area contributed by atoms with Gasteiger partial charge in [0, 0.05) is 12.8 Å². The highest BCUT2D eigenvalue weighted by molar-refractivity contribution is 5.62. The van der Waals surface area contributed by atoms with Gasteiger partial charge in [-0.05, 0) is 45.4 Å². The van der Waals surface area contributed by atoms with Crippen molar-refractivity contribution in [3.8, 4) is 0 Å². The molecule has 2 atom stereocenters. The molecule has 0 bridgehead atoms. The first-order valence-corrected chi connectivity index (χ1v) is 10.9. The number of hydrogen-bond donors (Lipinski definition) is 1. The Labute approximate surface area is 156 Å². The molecular formula is C22H42N2O. The molecule has 1 N–H and O–H groups in total. The van der Waals surface area contributed by atoms with E-state index < -0.39 is 0 Å². The molecule has 1 aliphatic heterocycles. The van der Waals surface area contributed by atoms with Crippen molar-refractivity contribution in [3.05, 3.63) is 12.2 Å². The molecule has 0 saturated carbocycles. The van der Waals surface area contributed by atoms with Crippen molar-refractivity contribution in [2.75, 3.05) is 6.54 Å². The lowest BCUT2D eigenvalue weighted by Gasteiger charge is -2.25. The van der Waals surface area contributed by atoms with Crippen LogP contribution in [0.2, 0.25) is 0 Å². The minimum Gasteiger partial charge on any atom is -0.379 e. The lowest BCUT2D eigenvalue weighted by atomic mass is 10.1. The minimum absolute atomic E-state index is 0.200. The van der Waals surface area contributed by atoms with Gasteiger partial charge >= 0.3 is 0 Å². The van der Waals surface area contributed by atoms with E-state index in [1.165, 1.54) is 83.5 Å². The third-order valence-corrected chi connectivity index (χ3v) is 5.16. The van der Waals surface area contributed by atoms with Crippen LogP contribution < -0.4 is 0 Å². The molecule has 2 unspecified atom stereocenters. The summed E-state index contributed by atoms with van der Waals surface area (Å²) < 4.78 is 0. The predicted octanol–water partition coefficient (Wildman–Crippen LogP) is 6.07. The Kier molecular flexibility index (Phi) is 13.9. The van der Waals surface area contributed by atoms with E-state index in [2.05, 4.69) is 29.0 Å². The van der Waals surface area contributed by atoms with E-state index in [4.69, 9.17) is 0 Å². The summed E-state index contributed by atoms with van der Waals surface area (Å²) in [5, 5.41) is 9.68. The Balaban J connectivity index is 1.84. The van der Waals surface area contributed by atoms with E-state index >= 15 is 0 Å². The SMILES string of the molecule is CCCCCCCCCCC/C=C/CCCCC1N=CCN1C(C)O. The van der Waals surface area contributed by atoms with Crippen LogP contribution in [0.5, 0.6) is 0 Å². The summed E-state index contributed by atoms with van der Waals surface area (Å²) in [6.07, 6.45) is 25.1. The Morgan fingerprint density at radius 1 is 0.960 bits per heavy atom. The number of aliphatic imine (C=N–C) groups is 1. The van der Waals surface area contributed by atoms with Crippen LogP contribution in [0, 0.1) is 0 Å². The van der Waals surface area contributed by atoms with Gasteiger partial charge in [0.1, 0.15) is 12.4 Å². The van der Waals surface area contributed by atoms with E-state index in [-0.39, 0.29) is 12.4 Å². The monoisotopic (exact) mass is 350 g/mol. The van der Waals surface area contributed by atoms with Crippen molar-refractivity contribution < 1.29 is 5.11 Å². The molecule has 0 radical (unpaired) electrons. The quantitative estimate of drug-likeness (QED) is 0.271. The summed E-state index contributed by atoms with van der Waals surface area (Å²) in [5.41, 5.74) is 0. The Morgan fingerprint density at radius 3 is 2.12 bits per heavy atom. The highest BCUT2D eigenvalue weighted by Crippen LogP contribution is 2.17. The van der Waals surface area contributed by atoms with Crippen LogP contribution in [0.25, 0.3) is 0 Å². The molecule has 0 amide bonds. The maximum atomic E-state index is 9.68. The number of hydrogen-bond acceptors (Lipinski definition) is 3. The molecule has 0 aromatic carbocycles. The van der Waals surface area contributed by atoms with Gasteiger partial charge in [0.2, 0.25) is 0 Å². The highest BCUT2D eigenvalue weighted by atomic mass is 16.3. The second kappa shape index (κ2) is 15.6. The molecule has 0 aromatic rings. The number of aliphatic hydroxyl groups excluding tert-OH is 1. The normalized spacial score (nSPS) is 19.2. The van der Waals surface area contributed by atoms with Gasteiger partial charge < -0.3 is 5.11 Å². The predicted molar refractivity (Wildman–Crippen MR) is 110 cm³/mol. The van der Waals surface area contributed by atoms with Crippen LogP contribution in [0.4, 0.5) is 0 Å². The molecule has 1 aliphatic rings. The number of rotatable bonds is 16. The molecule has 0 spiro atoms. The van der Waals surface area contributed by atoms with Crippen molar-refractivity contribution in [1.29, 1.82) is 0 Å². The molecule has 3 heteroatoms. The zero-order valence-corrected chi connectivity index (χ0v) is 16.8. The van der Waals surface area contributed by atoms with E-state index in [0.717, 1.165) is 13.0 Å². The Bertz CT molecular complexity index is 352. The summed E-state index contributed by atoms with van der Waals surface area (Å²) in [5.74, 6) is 0. The average molecular weight is 351 g/mol. The van der Waals surface area contributed by atoms with Crippen LogP contribution in [0.3, 0.4) is 0 Å². The van der Waals surface area contributed by atoms with E-state index in [0.29, 0.717) is 0 Å². The van der Waals surface area contributed by atoms with Gasteiger partial charge in [-0.25, -0.2) is 0 Å². The first-order chi connectivity index (χ1) is 12.3. The van der Waals surface area contributed by atoms with Crippen LogP contribution in [0.1, 0.15) is 104 Å². The number of aliphatic hydroxyl groups is 1. The van der Waals surface area contributed by atoms with E-state index in [1.54, 1.807) is 0 Å². The Hall–Kier alpha value is -0.670. The van der Waals surface area contributed by atoms with E-state index in [9.17, 15) is 5.11 Å². The summed E-state index contributed by atoms with van der Waals surface area (Å²) >= 11 is 0. The van der Waals surface area contributed by atoms with Gasteiger partial charge in [-0.1, -0.05) is 70.4 Å². The molecule has 146 valence electrons. The minimum atomic E-state index is -0.385. The maximum absolute atomic E-state index is 9.68. The molecule has 1 rings (SSSR count). The third-order valence-electron chi connectivity index (χ3n) is 5.16. The topological polar surface area (TPSA) is 35.8 Å².